The molecule has 0 saturated carbocycles. The summed E-state index contributed by atoms with van der Waals surface area (Å²) < 4.78 is 32.4. The lowest BCUT2D eigenvalue weighted by molar-refractivity contribution is -0.126. The fraction of sp³-hybridized carbons (Fsp3) is 0.389. The van der Waals surface area contributed by atoms with E-state index in [1.54, 1.807) is 24.6 Å². The maximum Gasteiger partial charge on any atom is 0.252 e. The molecular formula is C18H22N2O4S2. The van der Waals surface area contributed by atoms with E-state index in [1.807, 2.05) is 24.3 Å². The number of para-hydroxylation sites is 1. The third-order valence-corrected chi connectivity index (χ3v) is 7.73. The highest BCUT2D eigenvalue weighted by molar-refractivity contribution is 7.91. The molecule has 2 aromatic rings. The van der Waals surface area contributed by atoms with Gasteiger partial charge in [0.2, 0.25) is 5.91 Å². The van der Waals surface area contributed by atoms with Gasteiger partial charge in [-0.2, -0.15) is 4.31 Å². The van der Waals surface area contributed by atoms with Crippen molar-refractivity contribution in [2.45, 2.75) is 23.6 Å². The largest absolute Gasteiger partial charge is 0.496 e. The third kappa shape index (κ3) is 4.08. The minimum Gasteiger partial charge on any atom is -0.496 e. The molecule has 0 unspecified atom stereocenters. The first kappa shape index (κ1) is 18.9. The van der Waals surface area contributed by atoms with E-state index in [9.17, 15) is 13.2 Å². The van der Waals surface area contributed by atoms with Crippen LogP contribution in [0.15, 0.2) is 46.0 Å². The molecule has 1 amide bonds. The van der Waals surface area contributed by atoms with Crippen LogP contribution in [0.25, 0.3) is 0 Å². The Bertz CT molecular complexity index is 850. The minimum atomic E-state index is -3.51. The van der Waals surface area contributed by atoms with Crippen LogP contribution < -0.4 is 10.1 Å². The summed E-state index contributed by atoms with van der Waals surface area (Å²) in [5.41, 5.74) is 0.891. The van der Waals surface area contributed by atoms with Gasteiger partial charge in [0.05, 0.1) is 13.0 Å². The number of hydrogen-bond acceptors (Lipinski definition) is 5. The van der Waals surface area contributed by atoms with Crippen LogP contribution in [0.5, 0.6) is 5.75 Å². The van der Waals surface area contributed by atoms with Gasteiger partial charge in [-0.1, -0.05) is 24.3 Å². The molecule has 1 aliphatic heterocycles. The molecular weight excluding hydrogens is 372 g/mol. The molecule has 6 nitrogen and oxygen atoms in total. The zero-order valence-electron chi connectivity index (χ0n) is 14.6. The smallest absolute Gasteiger partial charge is 0.252 e. The molecule has 0 radical (unpaired) electrons. The number of benzene rings is 1. The van der Waals surface area contributed by atoms with Crippen molar-refractivity contribution in [3.05, 3.63) is 47.3 Å². The van der Waals surface area contributed by atoms with Crippen LogP contribution >= 0.6 is 11.3 Å². The first-order chi connectivity index (χ1) is 12.5. The second-order valence-corrected chi connectivity index (χ2v) is 9.28. The van der Waals surface area contributed by atoms with Crippen molar-refractivity contribution in [2.24, 2.45) is 5.92 Å². The number of methoxy groups -OCH3 is 1. The van der Waals surface area contributed by atoms with Gasteiger partial charge in [0.15, 0.2) is 0 Å². The first-order valence-electron chi connectivity index (χ1n) is 8.45. The van der Waals surface area contributed by atoms with E-state index in [1.165, 1.54) is 15.6 Å². The quantitative estimate of drug-likeness (QED) is 0.817. The SMILES string of the molecule is COc1ccccc1CNC(=O)[C@@H]1CCCN(S(=O)(=O)c2cccs2)C1. The van der Waals surface area contributed by atoms with Gasteiger partial charge in [-0.3, -0.25) is 4.79 Å². The van der Waals surface area contributed by atoms with E-state index in [-0.39, 0.29) is 18.4 Å². The summed E-state index contributed by atoms with van der Waals surface area (Å²) in [5.74, 6) is 0.258. The van der Waals surface area contributed by atoms with E-state index < -0.39 is 10.0 Å². The summed E-state index contributed by atoms with van der Waals surface area (Å²) >= 11 is 1.20. The van der Waals surface area contributed by atoms with Gasteiger partial charge in [0.25, 0.3) is 10.0 Å². The van der Waals surface area contributed by atoms with Crippen LogP contribution in [-0.4, -0.2) is 38.8 Å². The first-order valence-corrected chi connectivity index (χ1v) is 10.8. The van der Waals surface area contributed by atoms with Crippen molar-refractivity contribution < 1.29 is 17.9 Å². The van der Waals surface area contributed by atoms with E-state index >= 15 is 0 Å². The van der Waals surface area contributed by atoms with Gasteiger partial charge in [-0.25, -0.2) is 8.42 Å². The molecule has 0 aliphatic carbocycles. The normalized spacial score (nSPS) is 18.4. The highest BCUT2D eigenvalue weighted by Gasteiger charge is 2.33. The highest BCUT2D eigenvalue weighted by atomic mass is 32.2. The lowest BCUT2D eigenvalue weighted by Crippen LogP contribution is -2.45. The number of carbonyl (C=O) groups is 1. The van der Waals surface area contributed by atoms with Crippen molar-refractivity contribution >= 4 is 27.3 Å². The van der Waals surface area contributed by atoms with Crippen molar-refractivity contribution in [3.63, 3.8) is 0 Å². The molecule has 140 valence electrons. The molecule has 1 aromatic carbocycles. The highest BCUT2D eigenvalue weighted by Crippen LogP contribution is 2.26. The summed E-state index contributed by atoms with van der Waals surface area (Å²) in [6.45, 7) is 1.03. The molecule has 0 bridgehead atoms. The third-order valence-electron chi connectivity index (χ3n) is 4.49. The predicted octanol–water partition coefficient (Wildman–Crippen LogP) is 2.47. The number of carbonyl (C=O) groups excluding carboxylic acids is 1. The maximum atomic E-state index is 12.7. The van der Waals surface area contributed by atoms with Gasteiger partial charge in [-0.05, 0) is 30.4 Å². The van der Waals surface area contributed by atoms with Gasteiger partial charge < -0.3 is 10.1 Å². The number of amides is 1. The number of sulfonamides is 1. The lowest BCUT2D eigenvalue weighted by Gasteiger charge is -2.30. The zero-order valence-corrected chi connectivity index (χ0v) is 16.2. The number of thiophene rings is 1. The van der Waals surface area contributed by atoms with E-state index in [4.69, 9.17) is 4.74 Å². The Morgan fingerprint density at radius 2 is 2.12 bits per heavy atom. The number of nitrogens with one attached hydrogen (secondary N) is 1. The fourth-order valence-corrected chi connectivity index (χ4v) is 5.76. The van der Waals surface area contributed by atoms with Crippen LogP contribution in [0.4, 0.5) is 0 Å². The lowest BCUT2D eigenvalue weighted by atomic mass is 9.98. The Morgan fingerprint density at radius 1 is 1.31 bits per heavy atom. The molecule has 1 atom stereocenters. The van der Waals surface area contributed by atoms with Crippen LogP contribution in [0.1, 0.15) is 18.4 Å². The van der Waals surface area contributed by atoms with Crippen LogP contribution in [0, 0.1) is 5.92 Å². The second-order valence-electron chi connectivity index (χ2n) is 6.16. The fourth-order valence-electron chi connectivity index (χ4n) is 3.09. The summed E-state index contributed by atoms with van der Waals surface area (Å²) in [6.07, 6.45) is 1.37. The van der Waals surface area contributed by atoms with Crippen LogP contribution in [0.3, 0.4) is 0 Å². The Morgan fingerprint density at radius 3 is 2.85 bits per heavy atom. The number of rotatable bonds is 6. The van der Waals surface area contributed by atoms with Gasteiger partial charge in [0.1, 0.15) is 9.96 Å². The van der Waals surface area contributed by atoms with Gasteiger partial charge in [-0.15, -0.1) is 11.3 Å². The van der Waals surface area contributed by atoms with Gasteiger partial charge >= 0.3 is 0 Å². The van der Waals surface area contributed by atoms with E-state index in [0.717, 1.165) is 11.3 Å². The summed E-state index contributed by atoms with van der Waals surface area (Å²) in [6, 6.07) is 10.8. The monoisotopic (exact) mass is 394 g/mol. The van der Waals surface area contributed by atoms with Crippen molar-refractivity contribution in [3.8, 4) is 5.75 Å². The average Bonchev–Trinajstić information content (AvgIpc) is 3.22. The van der Waals surface area contributed by atoms with Crippen LogP contribution in [-0.2, 0) is 21.4 Å². The van der Waals surface area contributed by atoms with Crippen molar-refractivity contribution in [1.82, 2.24) is 9.62 Å². The molecule has 2 heterocycles. The van der Waals surface area contributed by atoms with Gasteiger partial charge in [0, 0.05) is 25.2 Å². The van der Waals surface area contributed by atoms with Crippen LogP contribution in [0.2, 0.25) is 0 Å². The molecule has 1 aromatic heterocycles. The number of piperidine rings is 1. The second kappa shape index (κ2) is 8.20. The minimum absolute atomic E-state index is 0.123. The molecule has 1 fully saturated rings. The maximum absolute atomic E-state index is 12.7. The molecule has 1 saturated heterocycles. The number of hydrogen-bond donors (Lipinski definition) is 1. The Balaban J connectivity index is 1.63. The molecule has 8 heteroatoms. The predicted molar refractivity (Wildman–Crippen MR) is 101 cm³/mol. The Labute approximate surface area is 157 Å². The van der Waals surface area contributed by atoms with E-state index in [0.29, 0.717) is 30.1 Å². The van der Waals surface area contributed by atoms with Crippen molar-refractivity contribution in [1.29, 1.82) is 0 Å². The topological polar surface area (TPSA) is 75.7 Å². The Kier molecular flexibility index (Phi) is 5.95. The molecule has 0 spiro atoms. The standard InChI is InChI=1S/C18H22N2O4S2/c1-24-16-8-3-2-6-14(16)12-19-18(21)15-7-4-10-20(13-15)26(22,23)17-9-5-11-25-17/h2-3,5-6,8-9,11,15H,4,7,10,12-13H2,1H3,(H,19,21)/t15-/m1/s1. The molecule has 3 rings (SSSR count). The summed E-state index contributed by atoms with van der Waals surface area (Å²) in [7, 11) is -1.92. The molecule has 1 aliphatic rings. The molecule has 26 heavy (non-hydrogen) atoms. The Hall–Kier alpha value is -1.90. The van der Waals surface area contributed by atoms with E-state index in [2.05, 4.69) is 5.32 Å². The summed E-state index contributed by atoms with van der Waals surface area (Å²) in [5, 5.41) is 4.66. The molecule has 1 N–H and O–H groups in total. The van der Waals surface area contributed by atoms with Crippen molar-refractivity contribution in [2.75, 3.05) is 20.2 Å². The average molecular weight is 395 g/mol. The number of nitrogens with zero attached hydrogens (tertiary/aromatic N) is 1. The number of ether oxygens (including phenoxy) is 1. The summed E-state index contributed by atoms with van der Waals surface area (Å²) in [4.78, 5) is 12.6. The zero-order chi connectivity index (χ0) is 18.6.